The average Bonchev–Trinajstić information content (AvgIpc) is 2.85. The number of hydrogen-bond donors (Lipinski definition) is 1. The highest BCUT2D eigenvalue weighted by atomic mass is 16.5. The Morgan fingerprint density at radius 1 is 1.16 bits per heavy atom. The monoisotopic (exact) mass is 265 g/mol. The molecule has 0 bridgehead atoms. The minimum atomic E-state index is -0.161. The number of benzene rings is 1. The van der Waals surface area contributed by atoms with Crippen molar-refractivity contribution in [2.24, 2.45) is 0 Å². The van der Waals surface area contributed by atoms with Gasteiger partial charge in [-0.3, -0.25) is 0 Å². The summed E-state index contributed by atoms with van der Waals surface area (Å²) in [5.74, 6) is 1.60. The third-order valence-electron chi connectivity index (χ3n) is 3.83. The lowest BCUT2D eigenvalue weighted by Gasteiger charge is -2.30. The van der Waals surface area contributed by atoms with Crippen molar-refractivity contribution in [1.82, 2.24) is 0 Å². The Kier molecular flexibility index (Phi) is 4.53. The molecule has 19 heavy (non-hydrogen) atoms. The lowest BCUT2D eigenvalue weighted by Crippen LogP contribution is -2.33. The summed E-state index contributed by atoms with van der Waals surface area (Å²) in [5.41, 5.74) is 1.10. The van der Waals surface area contributed by atoms with Crippen molar-refractivity contribution in [3.63, 3.8) is 0 Å². The molecule has 106 valence electrons. The molecule has 1 N–H and O–H groups in total. The summed E-state index contributed by atoms with van der Waals surface area (Å²) in [6.07, 6.45) is 2.61. The quantitative estimate of drug-likeness (QED) is 0.888. The molecule has 0 radical (unpaired) electrons. The Morgan fingerprint density at radius 2 is 1.79 bits per heavy atom. The molecule has 1 aromatic rings. The zero-order chi connectivity index (χ0) is 13.8. The van der Waals surface area contributed by atoms with Crippen molar-refractivity contribution < 1.29 is 14.6 Å². The summed E-state index contributed by atoms with van der Waals surface area (Å²) in [5, 5.41) is 9.72. The van der Waals surface area contributed by atoms with Gasteiger partial charge in [0.15, 0.2) is 0 Å². The summed E-state index contributed by atoms with van der Waals surface area (Å²) in [6.45, 7) is 3.05. The van der Waals surface area contributed by atoms with Crippen LogP contribution in [-0.2, 0) is 0 Å². The predicted molar refractivity (Wildman–Crippen MR) is 76.2 cm³/mol. The van der Waals surface area contributed by atoms with Gasteiger partial charge in [-0.05, 0) is 26.2 Å². The number of methoxy groups -OCH3 is 2. The first-order valence-electron chi connectivity index (χ1n) is 6.85. The van der Waals surface area contributed by atoms with E-state index >= 15 is 0 Å². The first-order valence-corrected chi connectivity index (χ1v) is 6.85. The standard InChI is InChI=1S/C15H23NO3/c1-4-16(11-5-6-13(17)7-11)12-8-14(18-2)10-15(9-12)19-3/h8-11,13,17H,4-7H2,1-3H3. The number of nitrogens with zero attached hydrogens (tertiary/aromatic N) is 1. The van der Waals surface area contributed by atoms with E-state index in [1.165, 1.54) is 0 Å². The molecule has 2 rings (SSSR count). The van der Waals surface area contributed by atoms with Crippen LogP contribution in [0.15, 0.2) is 18.2 Å². The number of aliphatic hydroxyl groups is 1. The Bertz CT molecular complexity index is 400. The third kappa shape index (κ3) is 3.13. The van der Waals surface area contributed by atoms with Crippen molar-refractivity contribution in [2.45, 2.75) is 38.3 Å². The fourth-order valence-electron chi connectivity index (χ4n) is 2.83. The molecule has 1 aliphatic rings. The van der Waals surface area contributed by atoms with Crippen molar-refractivity contribution in [3.05, 3.63) is 18.2 Å². The maximum absolute atomic E-state index is 9.72. The van der Waals surface area contributed by atoms with Crippen LogP contribution in [-0.4, -0.2) is 38.0 Å². The van der Waals surface area contributed by atoms with E-state index in [1.807, 2.05) is 18.2 Å². The fourth-order valence-corrected chi connectivity index (χ4v) is 2.83. The molecule has 1 aliphatic carbocycles. The van der Waals surface area contributed by atoms with Crippen LogP contribution in [0.2, 0.25) is 0 Å². The van der Waals surface area contributed by atoms with Crippen LogP contribution >= 0.6 is 0 Å². The molecule has 0 heterocycles. The number of anilines is 1. The van der Waals surface area contributed by atoms with Gasteiger partial charge in [0.25, 0.3) is 0 Å². The summed E-state index contributed by atoms with van der Waals surface area (Å²) in [4.78, 5) is 2.32. The normalized spacial score (nSPS) is 22.3. The maximum Gasteiger partial charge on any atom is 0.124 e. The molecule has 1 aromatic carbocycles. The maximum atomic E-state index is 9.72. The summed E-state index contributed by atoms with van der Waals surface area (Å²) >= 11 is 0. The number of hydrogen-bond acceptors (Lipinski definition) is 4. The number of aliphatic hydroxyl groups excluding tert-OH is 1. The first kappa shape index (κ1) is 14.0. The minimum absolute atomic E-state index is 0.161. The molecule has 4 nitrogen and oxygen atoms in total. The smallest absolute Gasteiger partial charge is 0.124 e. The fraction of sp³-hybridized carbons (Fsp3) is 0.600. The van der Waals surface area contributed by atoms with Gasteiger partial charge in [-0.25, -0.2) is 0 Å². The van der Waals surface area contributed by atoms with Crippen LogP contribution in [0.3, 0.4) is 0 Å². The highest BCUT2D eigenvalue weighted by Crippen LogP contribution is 2.33. The molecular weight excluding hydrogens is 242 g/mol. The van der Waals surface area contributed by atoms with Gasteiger partial charge in [0.1, 0.15) is 11.5 Å². The lowest BCUT2D eigenvalue weighted by molar-refractivity contribution is 0.181. The number of ether oxygens (including phenoxy) is 2. The highest BCUT2D eigenvalue weighted by molar-refractivity contribution is 5.56. The Morgan fingerprint density at radius 3 is 2.21 bits per heavy atom. The van der Waals surface area contributed by atoms with Crippen molar-refractivity contribution in [1.29, 1.82) is 0 Å². The molecule has 0 saturated heterocycles. The average molecular weight is 265 g/mol. The van der Waals surface area contributed by atoms with E-state index in [0.29, 0.717) is 6.04 Å². The van der Waals surface area contributed by atoms with Gasteiger partial charge in [0.2, 0.25) is 0 Å². The Balaban J connectivity index is 2.26. The van der Waals surface area contributed by atoms with Crippen LogP contribution in [0, 0.1) is 0 Å². The van der Waals surface area contributed by atoms with Gasteiger partial charge in [-0.15, -0.1) is 0 Å². The summed E-state index contributed by atoms with van der Waals surface area (Å²) in [6, 6.07) is 6.32. The molecule has 2 unspecified atom stereocenters. The molecule has 0 amide bonds. The van der Waals surface area contributed by atoms with Crippen LogP contribution in [0.1, 0.15) is 26.2 Å². The Labute approximate surface area is 114 Å². The van der Waals surface area contributed by atoms with Gasteiger partial charge >= 0.3 is 0 Å². The zero-order valence-corrected chi connectivity index (χ0v) is 11.9. The van der Waals surface area contributed by atoms with Gasteiger partial charge < -0.3 is 19.5 Å². The molecule has 4 heteroatoms. The lowest BCUT2D eigenvalue weighted by atomic mass is 10.1. The molecule has 0 aliphatic heterocycles. The van der Waals surface area contributed by atoms with E-state index < -0.39 is 0 Å². The zero-order valence-electron chi connectivity index (χ0n) is 11.9. The van der Waals surface area contributed by atoms with Gasteiger partial charge in [-0.1, -0.05) is 0 Å². The second-order valence-corrected chi connectivity index (χ2v) is 4.98. The van der Waals surface area contributed by atoms with Crippen molar-refractivity contribution >= 4 is 5.69 Å². The van der Waals surface area contributed by atoms with E-state index in [2.05, 4.69) is 11.8 Å². The first-order chi connectivity index (χ1) is 9.17. The van der Waals surface area contributed by atoms with E-state index in [4.69, 9.17) is 9.47 Å². The largest absolute Gasteiger partial charge is 0.497 e. The predicted octanol–water partition coefficient (Wildman–Crippen LogP) is 2.44. The van der Waals surface area contributed by atoms with E-state index in [0.717, 1.165) is 43.0 Å². The molecular formula is C15H23NO3. The highest BCUT2D eigenvalue weighted by Gasteiger charge is 2.27. The second-order valence-electron chi connectivity index (χ2n) is 4.98. The summed E-state index contributed by atoms with van der Waals surface area (Å²) in [7, 11) is 3.32. The SMILES string of the molecule is CCN(c1cc(OC)cc(OC)c1)C1CCC(O)C1. The topological polar surface area (TPSA) is 41.9 Å². The second kappa shape index (κ2) is 6.15. The van der Waals surface area contributed by atoms with Crippen molar-refractivity contribution in [2.75, 3.05) is 25.7 Å². The molecule has 1 saturated carbocycles. The van der Waals surface area contributed by atoms with Crippen molar-refractivity contribution in [3.8, 4) is 11.5 Å². The Hall–Kier alpha value is -1.42. The molecule has 0 spiro atoms. The van der Waals surface area contributed by atoms with Gasteiger partial charge in [0.05, 0.1) is 20.3 Å². The van der Waals surface area contributed by atoms with E-state index in [1.54, 1.807) is 14.2 Å². The van der Waals surface area contributed by atoms with Gasteiger partial charge in [-0.2, -0.15) is 0 Å². The molecule has 0 aromatic heterocycles. The third-order valence-corrected chi connectivity index (χ3v) is 3.83. The number of rotatable bonds is 5. The summed E-state index contributed by atoms with van der Waals surface area (Å²) < 4.78 is 10.6. The van der Waals surface area contributed by atoms with Crippen LogP contribution in [0.5, 0.6) is 11.5 Å². The van der Waals surface area contributed by atoms with E-state index in [-0.39, 0.29) is 6.10 Å². The van der Waals surface area contributed by atoms with E-state index in [9.17, 15) is 5.11 Å². The minimum Gasteiger partial charge on any atom is -0.497 e. The molecule has 2 atom stereocenters. The van der Waals surface area contributed by atoms with Crippen LogP contribution in [0.25, 0.3) is 0 Å². The molecule has 1 fully saturated rings. The van der Waals surface area contributed by atoms with Crippen LogP contribution < -0.4 is 14.4 Å². The van der Waals surface area contributed by atoms with Crippen LogP contribution in [0.4, 0.5) is 5.69 Å². The van der Waals surface area contributed by atoms with Gasteiger partial charge in [0, 0.05) is 36.5 Å².